The second-order valence-electron chi connectivity index (χ2n) is 15.2. The van der Waals surface area contributed by atoms with Gasteiger partial charge in [-0.05, 0) is 48.0 Å². The van der Waals surface area contributed by atoms with Crippen molar-refractivity contribution < 1.29 is 28.1 Å². The van der Waals surface area contributed by atoms with Crippen molar-refractivity contribution in [3.05, 3.63) is 0 Å². The molecule has 0 N–H and O–H groups in total. The molecule has 4 unspecified atom stereocenters. The van der Waals surface area contributed by atoms with Gasteiger partial charge in [-0.1, -0.05) is 0 Å². The van der Waals surface area contributed by atoms with E-state index in [4.69, 9.17) is 0 Å². The zero-order chi connectivity index (χ0) is 29.7. The fourth-order valence-corrected chi connectivity index (χ4v) is 7.92. The topological polar surface area (TPSA) is 81.2 Å². The summed E-state index contributed by atoms with van der Waals surface area (Å²) in [6.45, 7) is 13.4. The molecule has 39 heavy (non-hydrogen) atoms. The second kappa shape index (κ2) is 8.65. The third kappa shape index (κ3) is 3.80. The highest BCUT2D eigenvalue weighted by Gasteiger charge is 2.66. The van der Waals surface area contributed by atoms with Crippen LogP contribution in [-0.4, -0.2) is 142 Å². The van der Waals surface area contributed by atoms with E-state index < -0.39 is 11.1 Å². The number of nitrogens with zero attached hydrogens (tertiary/aromatic N) is 6. The van der Waals surface area contributed by atoms with Crippen LogP contribution in [0.15, 0.2) is 0 Å². The van der Waals surface area contributed by atoms with E-state index in [1.54, 1.807) is 23.9 Å². The van der Waals surface area contributed by atoms with E-state index in [2.05, 4.69) is 69.7 Å². The van der Waals surface area contributed by atoms with Crippen LogP contribution in [0.1, 0.15) is 73.6 Å². The Morgan fingerprint density at radius 2 is 0.974 bits per heavy atom. The van der Waals surface area contributed by atoms with E-state index in [0.717, 1.165) is 8.97 Å². The van der Waals surface area contributed by atoms with Gasteiger partial charge in [0.1, 0.15) is 11.1 Å². The molecule has 4 aliphatic heterocycles. The first-order chi connectivity index (χ1) is 17.6. The molecule has 4 saturated heterocycles. The number of likely N-dealkylation sites (tertiary alicyclic amines) is 2. The van der Waals surface area contributed by atoms with Crippen molar-refractivity contribution in [2.75, 3.05) is 55.4 Å². The molecule has 4 rings (SSSR count). The Morgan fingerprint density at radius 3 is 1.26 bits per heavy atom. The first kappa shape index (κ1) is 29.8. The van der Waals surface area contributed by atoms with E-state index in [9.17, 15) is 19.2 Å². The number of carbonyl (C=O) groups excluding carboxylic acids is 4. The monoisotopic (exact) mass is 548 g/mol. The molecular weight excluding hydrogens is 496 g/mol. The molecule has 0 aromatic carbocycles. The fraction of sp³-hybridized carbons (Fsp3) is 0.862. The first-order valence-corrected chi connectivity index (χ1v) is 14.5. The van der Waals surface area contributed by atoms with Gasteiger partial charge < -0.3 is 18.8 Å². The molecular formula is C29H52N6O4+2. The van der Waals surface area contributed by atoms with Crippen LogP contribution in [0.5, 0.6) is 0 Å². The fourth-order valence-electron chi connectivity index (χ4n) is 7.92. The number of urea groups is 2. The lowest BCUT2D eigenvalue weighted by Gasteiger charge is -2.57. The number of imide groups is 2. The van der Waals surface area contributed by atoms with Gasteiger partial charge in [-0.25, -0.2) is 9.59 Å². The van der Waals surface area contributed by atoms with Crippen molar-refractivity contribution in [1.29, 1.82) is 0 Å². The largest absolute Gasteiger partial charge is 0.327 e. The Morgan fingerprint density at radius 1 is 0.667 bits per heavy atom. The van der Waals surface area contributed by atoms with Gasteiger partial charge in [-0.15, -0.1) is 0 Å². The molecule has 0 radical (unpaired) electrons. The highest BCUT2D eigenvalue weighted by Crippen LogP contribution is 2.49. The molecule has 0 bridgehead atoms. The van der Waals surface area contributed by atoms with Gasteiger partial charge >= 0.3 is 12.1 Å². The minimum Gasteiger partial charge on any atom is -0.322 e. The molecule has 10 heteroatoms. The van der Waals surface area contributed by atoms with Crippen molar-refractivity contribution in [1.82, 2.24) is 19.6 Å². The average molecular weight is 549 g/mol. The number of likely N-dealkylation sites (N-methyl/N-ethyl adjacent to an activating group) is 2. The molecule has 0 aromatic rings. The van der Waals surface area contributed by atoms with Gasteiger partial charge in [-0.2, -0.15) is 0 Å². The maximum Gasteiger partial charge on any atom is 0.327 e. The van der Waals surface area contributed by atoms with Crippen LogP contribution in [0.25, 0.3) is 0 Å². The summed E-state index contributed by atoms with van der Waals surface area (Å²) < 4.78 is 1.56. The maximum absolute atomic E-state index is 13.9. The number of carbonyl (C=O) groups is 4. The number of piperidine rings is 2. The summed E-state index contributed by atoms with van der Waals surface area (Å²) in [6.07, 6.45) is 2.77. The molecule has 4 atom stereocenters. The molecule has 4 aliphatic rings. The standard InChI is InChI=1S/C29H52N6O4/c1-20-16-28(18-26(3,4)34(20,9)10)22(36)32(24(38)30(28)7)14-13-15-33-23(37)29(31(8)25(33)39)17-21(2)35(11,12)27(5,6)19-29/h20-21H,13-19H2,1-12H3/q+2. The number of rotatable bonds is 4. The third-order valence-corrected chi connectivity index (χ3v) is 12.4. The van der Waals surface area contributed by atoms with Crippen LogP contribution in [0.3, 0.4) is 0 Å². The third-order valence-electron chi connectivity index (χ3n) is 12.4. The first-order valence-electron chi connectivity index (χ1n) is 14.5. The molecule has 0 aromatic heterocycles. The van der Waals surface area contributed by atoms with Crippen LogP contribution < -0.4 is 0 Å². The second-order valence-corrected chi connectivity index (χ2v) is 15.2. The molecule has 0 saturated carbocycles. The number of hydrogen-bond donors (Lipinski definition) is 0. The predicted molar refractivity (Wildman–Crippen MR) is 150 cm³/mol. The zero-order valence-electron chi connectivity index (χ0n) is 26.4. The SMILES string of the molecule is CC1CC2(CC(C)(C)[N+]1(C)C)C(=O)N(CCCN1C(=O)N(C)C3(CC(C)[N+](C)(C)C(C)(C)C3)C1=O)C(=O)N2C. The Bertz CT molecular complexity index is 1020. The molecule has 4 heterocycles. The van der Waals surface area contributed by atoms with Crippen molar-refractivity contribution in [2.24, 2.45) is 0 Å². The molecule has 2 spiro atoms. The summed E-state index contributed by atoms with van der Waals surface area (Å²) in [6, 6.07) is -0.174. The van der Waals surface area contributed by atoms with E-state index in [-0.39, 0.29) is 60.1 Å². The van der Waals surface area contributed by atoms with Gasteiger partial charge in [-0.3, -0.25) is 19.4 Å². The smallest absolute Gasteiger partial charge is 0.322 e. The zero-order valence-corrected chi connectivity index (χ0v) is 26.4. The highest BCUT2D eigenvalue weighted by molar-refractivity contribution is 6.08. The Labute approximate surface area is 235 Å². The molecule has 6 amide bonds. The summed E-state index contributed by atoms with van der Waals surface area (Å²) >= 11 is 0. The van der Waals surface area contributed by atoms with Crippen molar-refractivity contribution in [3.63, 3.8) is 0 Å². The van der Waals surface area contributed by atoms with Gasteiger partial charge in [0.2, 0.25) is 0 Å². The van der Waals surface area contributed by atoms with Gasteiger partial charge in [0.05, 0.1) is 51.4 Å². The van der Waals surface area contributed by atoms with Crippen LogP contribution >= 0.6 is 0 Å². The molecule has 10 nitrogen and oxygen atoms in total. The Kier molecular flexibility index (Phi) is 6.60. The average Bonchev–Trinajstić information content (AvgIpc) is 3.08. The normalized spacial score (nSPS) is 37.1. The Balaban J connectivity index is 1.49. The van der Waals surface area contributed by atoms with Gasteiger partial charge in [0.25, 0.3) is 11.8 Å². The van der Waals surface area contributed by atoms with E-state index >= 15 is 0 Å². The summed E-state index contributed by atoms with van der Waals surface area (Å²) in [5, 5.41) is 0. The van der Waals surface area contributed by atoms with Gasteiger partial charge in [0, 0.05) is 52.9 Å². The Hall–Kier alpha value is -2.20. The lowest BCUT2D eigenvalue weighted by molar-refractivity contribution is -0.965. The lowest BCUT2D eigenvalue weighted by Crippen LogP contribution is -2.71. The van der Waals surface area contributed by atoms with Crippen LogP contribution in [0.2, 0.25) is 0 Å². The minimum atomic E-state index is -0.855. The minimum absolute atomic E-state index is 0.148. The van der Waals surface area contributed by atoms with E-state index in [1.165, 1.54) is 9.80 Å². The van der Waals surface area contributed by atoms with E-state index in [0.29, 0.717) is 32.1 Å². The van der Waals surface area contributed by atoms with Gasteiger partial charge in [0.15, 0.2) is 0 Å². The van der Waals surface area contributed by atoms with Crippen LogP contribution in [-0.2, 0) is 9.59 Å². The lowest BCUT2D eigenvalue weighted by atomic mass is 9.71. The molecule has 0 aliphatic carbocycles. The van der Waals surface area contributed by atoms with Crippen LogP contribution in [0.4, 0.5) is 9.59 Å². The van der Waals surface area contributed by atoms with Crippen molar-refractivity contribution in [2.45, 2.75) is 108 Å². The summed E-state index contributed by atoms with van der Waals surface area (Å²) in [7, 11) is 12.3. The predicted octanol–water partition coefficient (Wildman–Crippen LogP) is 2.72. The van der Waals surface area contributed by atoms with E-state index in [1.807, 2.05) is 0 Å². The quantitative estimate of drug-likeness (QED) is 0.400. The summed E-state index contributed by atoms with van der Waals surface area (Å²) in [4.78, 5) is 60.4. The van der Waals surface area contributed by atoms with Crippen molar-refractivity contribution >= 4 is 23.9 Å². The summed E-state index contributed by atoms with van der Waals surface area (Å²) in [5.74, 6) is -0.296. The van der Waals surface area contributed by atoms with Crippen LogP contribution in [0, 0.1) is 0 Å². The summed E-state index contributed by atoms with van der Waals surface area (Å²) in [5.41, 5.74) is -2.09. The molecule has 4 fully saturated rings. The highest BCUT2D eigenvalue weighted by atomic mass is 16.2. The number of quaternary nitrogens is 2. The van der Waals surface area contributed by atoms with Crippen molar-refractivity contribution in [3.8, 4) is 0 Å². The maximum atomic E-state index is 13.9. The number of hydrogen-bond acceptors (Lipinski definition) is 4. The molecule has 220 valence electrons. The number of amides is 6.